The Labute approximate surface area is 130 Å². The topological polar surface area (TPSA) is 58.1 Å². The number of hydrogen-bond acceptors (Lipinski definition) is 5. The molecular formula is C15H24N4OS. The fourth-order valence-corrected chi connectivity index (χ4v) is 3.17. The van der Waals surface area contributed by atoms with E-state index in [0.29, 0.717) is 12.5 Å². The van der Waals surface area contributed by atoms with E-state index in [-0.39, 0.29) is 5.91 Å². The standard InChI is InChI=1S/C15H24N4OS/c1-10-9-19(8-7-16-10)14(20)6-5-13-11(2)17-15(21-4)18-12(13)3/h10,16H,5-9H2,1-4H3/t10-/m1/s1. The molecule has 116 valence electrons. The van der Waals surface area contributed by atoms with Crippen molar-refractivity contribution in [3.8, 4) is 0 Å². The number of aromatic nitrogens is 2. The highest BCUT2D eigenvalue weighted by molar-refractivity contribution is 7.98. The minimum Gasteiger partial charge on any atom is -0.340 e. The van der Waals surface area contributed by atoms with E-state index in [9.17, 15) is 4.79 Å². The van der Waals surface area contributed by atoms with E-state index in [4.69, 9.17) is 0 Å². The minimum absolute atomic E-state index is 0.232. The average molecular weight is 308 g/mol. The first kappa shape index (κ1) is 16.2. The third-order valence-corrected chi connectivity index (χ3v) is 4.44. The van der Waals surface area contributed by atoms with Crippen molar-refractivity contribution < 1.29 is 4.79 Å². The van der Waals surface area contributed by atoms with Gasteiger partial charge < -0.3 is 10.2 Å². The van der Waals surface area contributed by atoms with Gasteiger partial charge in [0.15, 0.2) is 5.16 Å². The van der Waals surface area contributed by atoms with Gasteiger partial charge in [0.2, 0.25) is 5.91 Å². The van der Waals surface area contributed by atoms with Crippen LogP contribution in [0, 0.1) is 13.8 Å². The van der Waals surface area contributed by atoms with Crippen LogP contribution >= 0.6 is 11.8 Å². The van der Waals surface area contributed by atoms with Gasteiger partial charge in [0, 0.05) is 43.5 Å². The third-order valence-electron chi connectivity index (χ3n) is 3.89. The van der Waals surface area contributed by atoms with Crippen LogP contribution in [0.1, 0.15) is 30.3 Å². The maximum absolute atomic E-state index is 12.3. The first-order valence-electron chi connectivity index (χ1n) is 7.40. The van der Waals surface area contributed by atoms with Gasteiger partial charge in [0.05, 0.1) is 0 Å². The maximum atomic E-state index is 12.3. The SMILES string of the molecule is CSc1nc(C)c(CCC(=O)N2CCN[C@H](C)C2)c(C)n1. The number of nitrogens with one attached hydrogen (secondary N) is 1. The molecule has 0 saturated carbocycles. The summed E-state index contributed by atoms with van der Waals surface area (Å²) in [6.45, 7) is 8.61. The number of piperazine rings is 1. The first-order chi connectivity index (χ1) is 10.0. The van der Waals surface area contributed by atoms with Gasteiger partial charge in [-0.3, -0.25) is 4.79 Å². The van der Waals surface area contributed by atoms with E-state index in [2.05, 4.69) is 22.2 Å². The van der Waals surface area contributed by atoms with Crippen molar-refractivity contribution in [3.63, 3.8) is 0 Å². The first-order valence-corrected chi connectivity index (χ1v) is 8.63. The zero-order chi connectivity index (χ0) is 15.4. The summed E-state index contributed by atoms with van der Waals surface area (Å²) < 4.78 is 0. The van der Waals surface area contributed by atoms with E-state index >= 15 is 0 Å². The van der Waals surface area contributed by atoms with Gasteiger partial charge in [0.25, 0.3) is 0 Å². The van der Waals surface area contributed by atoms with E-state index in [0.717, 1.165) is 48.2 Å². The molecule has 0 unspecified atom stereocenters. The molecule has 1 atom stereocenters. The van der Waals surface area contributed by atoms with Gasteiger partial charge >= 0.3 is 0 Å². The molecule has 1 aromatic heterocycles. The summed E-state index contributed by atoms with van der Waals surface area (Å²) in [5, 5.41) is 4.16. The fourth-order valence-electron chi connectivity index (χ4n) is 2.71. The molecule has 2 heterocycles. The van der Waals surface area contributed by atoms with Crippen LogP contribution in [-0.2, 0) is 11.2 Å². The van der Waals surface area contributed by atoms with Crippen LogP contribution < -0.4 is 5.32 Å². The molecule has 5 nitrogen and oxygen atoms in total. The predicted octanol–water partition coefficient (Wildman–Crippen LogP) is 1.57. The van der Waals surface area contributed by atoms with Crippen LogP contribution in [0.3, 0.4) is 0 Å². The zero-order valence-corrected chi connectivity index (χ0v) is 14.1. The van der Waals surface area contributed by atoms with Crippen LogP contribution in [0.5, 0.6) is 0 Å². The Morgan fingerprint density at radius 3 is 2.62 bits per heavy atom. The van der Waals surface area contributed by atoms with Gasteiger partial charge in [-0.15, -0.1) is 0 Å². The maximum Gasteiger partial charge on any atom is 0.223 e. The number of amides is 1. The van der Waals surface area contributed by atoms with E-state index in [1.165, 1.54) is 0 Å². The van der Waals surface area contributed by atoms with E-state index in [1.54, 1.807) is 11.8 Å². The Balaban J connectivity index is 1.98. The summed E-state index contributed by atoms with van der Waals surface area (Å²) in [5.74, 6) is 0.232. The van der Waals surface area contributed by atoms with Gasteiger partial charge in [-0.2, -0.15) is 0 Å². The van der Waals surface area contributed by atoms with E-state index in [1.807, 2.05) is 25.0 Å². The molecule has 1 amide bonds. The molecule has 0 radical (unpaired) electrons. The van der Waals surface area contributed by atoms with Crippen molar-refractivity contribution in [2.45, 2.75) is 44.8 Å². The van der Waals surface area contributed by atoms with Gasteiger partial charge in [-0.1, -0.05) is 11.8 Å². The van der Waals surface area contributed by atoms with Crippen molar-refractivity contribution in [2.75, 3.05) is 25.9 Å². The number of aryl methyl sites for hydroxylation is 2. The quantitative estimate of drug-likeness (QED) is 0.676. The molecule has 21 heavy (non-hydrogen) atoms. The summed E-state index contributed by atoms with van der Waals surface area (Å²) in [4.78, 5) is 23.2. The molecule has 0 aromatic carbocycles. The highest BCUT2D eigenvalue weighted by Crippen LogP contribution is 2.17. The highest BCUT2D eigenvalue weighted by Gasteiger charge is 2.20. The number of nitrogens with zero attached hydrogens (tertiary/aromatic N) is 3. The summed E-state index contributed by atoms with van der Waals surface area (Å²) in [5.41, 5.74) is 3.10. The van der Waals surface area contributed by atoms with Gasteiger partial charge in [0.1, 0.15) is 0 Å². The molecule has 1 aliphatic heterocycles. The second-order valence-electron chi connectivity index (χ2n) is 5.55. The molecular weight excluding hydrogens is 284 g/mol. The highest BCUT2D eigenvalue weighted by atomic mass is 32.2. The van der Waals surface area contributed by atoms with Crippen LogP contribution in [0.15, 0.2) is 5.16 Å². The lowest BCUT2D eigenvalue weighted by Gasteiger charge is -2.32. The van der Waals surface area contributed by atoms with Crippen LogP contribution in [0.4, 0.5) is 0 Å². The number of thioether (sulfide) groups is 1. The molecule has 1 N–H and O–H groups in total. The number of carbonyl (C=O) groups excluding carboxylic acids is 1. The lowest BCUT2D eigenvalue weighted by molar-refractivity contribution is -0.132. The smallest absolute Gasteiger partial charge is 0.223 e. The molecule has 1 fully saturated rings. The summed E-state index contributed by atoms with van der Waals surface area (Å²) >= 11 is 1.55. The zero-order valence-electron chi connectivity index (χ0n) is 13.3. The van der Waals surface area contributed by atoms with Crippen molar-refractivity contribution in [2.24, 2.45) is 0 Å². The Hall–Kier alpha value is -1.14. The largest absolute Gasteiger partial charge is 0.340 e. The molecule has 1 aliphatic rings. The van der Waals surface area contributed by atoms with Crippen molar-refractivity contribution in [3.05, 3.63) is 17.0 Å². The predicted molar refractivity (Wildman–Crippen MR) is 85.7 cm³/mol. The van der Waals surface area contributed by atoms with Crippen molar-refractivity contribution in [1.29, 1.82) is 0 Å². The Bertz CT molecular complexity index is 497. The van der Waals surface area contributed by atoms with Gasteiger partial charge in [-0.25, -0.2) is 9.97 Å². The molecule has 0 aliphatic carbocycles. The Morgan fingerprint density at radius 2 is 2.05 bits per heavy atom. The Morgan fingerprint density at radius 1 is 1.38 bits per heavy atom. The van der Waals surface area contributed by atoms with Gasteiger partial charge in [-0.05, 0) is 39.0 Å². The van der Waals surface area contributed by atoms with Crippen LogP contribution in [0.2, 0.25) is 0 Å². The minimum atomic E-state index is 0.232. The number of carbonyl (C=O) groups is 1. The molecule has 2 rings (SSSR count). The van der Waals surface area contributed by atoms with Crippen LogP contribution in [-0.4, -0.2) is 52.7 Å². The van der Waals surface area contributed by atoms with Crippen molar-refractivity contribution in [1.82, 2.24) is 20.2 Å². The summed E-state index contributed by atoms with van der Waals surface area (Å²) in [7, 11) is 0. The Kier molecular flexibility index (Phi) is 5.58. The molecule has 0 spiro atoms. The third kappa shape index (κ3) is 4.17. The summed E-state index contributed by atoms with van der Waals surface area (Å²) in [6, 6.07) is 0.385. The van der Waals surface area contributed by atoms with Crippen LogP contribution in [0.25, 0.3) is 0 Å². The fraction of sp³-hybridized carbons (Fsp3) is 0.667. The monoisotopic (exact) mass is 308 g/mol. The summed E-state index contributed by atoms with van der Waals surface area (Å²) in [6.07, 6.45) is 3.24. The normalized spacial score (nSPS) is 18.9. The molecule has 1 aromatic rings. The lowest BCUT2D eigenvalue weighted by Crippen LogP contribution is -2.51. The number of hydrogen-bond donors (Lipinski definition) is 1. The molecule has 1 saturated heterocycles. The van der Waals surface area contributed by atoms with Crippen molar-refractivity contribution >= 4 is 17.7 Å². The second-order valence-corrected chi connectivity index (χ2v) is 6.33. The average Bonchev–Trinajstić information content (AvgIpc) is 2.45. The van der Waals surface area contributed by atoms with E-state index < -0.39 is 0 Å². The number of rotatable bonds is 4. The lowest BCUT2D eigenvalue weighted by atomic mass is 10.1. The second kappa shape index (κ2) is 7.22. The molecule has 6 heteroatoms. The molecule has 0 bridgehead atoms.